The van der Waals surface area contributed by atoms with Gasteiger partial charge in [0, 0.05) is 11.9 Å². The van der Waals surface area contributed by atoms with Crippen molar-refractivity contribution in [3.63, 3.8) is 0 Å². The summed E-state index contributed by atoms with van der Waals surface area (Å²) in [6, 6.07) is 16.2. The number of thioether (sulfide) groups is 1. The lowest BCUT2D eigenvalue weighted by molar-refractivity contribution is -0.137. The van der Waals surface area contributed by atoms with Gasteiger partial charge in [0.15, 0.2) is 10.8 Å². The van der Waals surface area contributed by atoms with Crippen LogP contribution in [0.15, 0.2) is 76.4 Å². The molecule has 0 bridgehead atoms. The number of aromatic nitrogens is 4. The van der Waals surface area contributed by atoms with Gasteiger partial charge < -0.3 is 4.42 Å². The number of fused-ring (bicyclic) bond motifs is 1. The van der Waals surface area contributed by atoms with Crippen molar-refractivity contribution in [1.29, 1.82) is 0 Å². The molecule has 0 amide bonds. The van der Waals surface area contributed by atoms with E-state index in [9.17, 15) is 13.2 Å². The highest BCUT2D eigenvalue weighted by Gasteiger charge is 2.30. The minimum absolute atomic E-state index is 0.315. The van der Waals surface area contributed by atoms with Crippen LogP contribution in [0.1, 0.15) is 22.6 Å². The van der Waals surface area contributed by atoms with E-state index < -0.39 is 11.7 Å². The number of aryl methyl sites for hydroxylation is 1. The minimum atomic E-state index is -4.39. The van der Waals surface area contributed by atoms with E-state index in [0.717, 1.165) is 12.1 Å². The van der Waals surface area contributed by atoms with E-state index in [1.165, 1.54) is 17.8 Å². The molecule has 3 heterocycles. The van der Waals surface area contributed by atoms with Crippen molar-refractivity contribution in [3.8, 4) is 11.5 Å². The molecule has 0 saturated heterocycles. The Morgan fingerprint density at radius 3 is 2.66 bits per heavy atom. The number of rotatable bonds is 6. The second kappa shape index (κ2) is 9.39. The van der Waals surface area contributed by atoms with E-state index in [-0.39, 0.29) is 0 Å². The van der Waals surface area contributed by atoms with Crippen LogP contribution < -0.4 is 0 Å². The summed E-state index contributed by atoms with van der Waals surface area (Å²) in [5.41, 5.74) is 2.60. The van der Waals surface area contributed by atoms with Gasteiger partial charge in [0.05, 0.1) is 22.7 Å². The maximum absolute atomic E-state index is 13.1. The molecule has 5 rings (SSSR count). The van der Waals surface area contributed by atoms with Crippen molar-refractivity contribution in [3.05, 3.63) is 94.5 Å². The van der Waals surface area contributed by atoms with Gasteiger partial charge in [-0.15, -0.1) is 0 Å². The first kappa shape index (κ1) is 23.4. The molecule has 5 nitrogen and oxygen atoms in total. The molecule has 0 atom stereocenters. The molecule has 35 heavy (non-hydrogen) atoms. The van der Waals surface area contributed by atoms with Crippen molar-refractivity contribution in [2.24, 2.45) is 0 Å². The number of oxazole rings is 1. The molecule has 10 heteroatoms. The highest BCUT2D eigenvalue weighted by molar-refractivity contribution is 7.98. The number of imidazole rings is 1. The fraction of sp³-hybridized carbons (Fsp3) is 0.160. The molecule has 0 aliphatic heterocycles. The SMILES string of the molecule is Cc1oc(-c2ccccc2Cl)nc1Cn1c(SCc2cccc(C(F)(F)F)c2)nc2cccnc21. The van der Waals surface area contributed by atoms with Crippen LogP contribution in [-0.2, 0) is 18.5 Å². The van der Waals surface area contributed by atoms with Gasteiger partial charge in [0.2, 0.25) is 5.89 Å². The van der Waals surface area contributed by atoms with Crippen molar-refractivity contribution >= 4 is 34.5 Å². The average molecular weight is 515 g/mol. The van der Waals surface area contributed by atoms with Crippen LogP contribution in [0.3, 0.4) is 0 Å². The summed E-state index contributed by atoms with van der Waals surface area (Å²) in [6.07, 6.45) is -2.71. The third-order valence-electron chi connectivity index (χ3n) is 5.40. The summed E-state index contributed by atoms with van der Waals surface area (Å²) >= 11 is 7.65. The van der Waals surface area contributed by atoms with Crippen LogP contribution >= 0.6 is 23.4 Å². The molecular weight excluding hydrogens is 497 g/mol. The summed E-state index contributed by atoms with van der Waals surface area (Å²) in [4.78, 5) is 13.8. The Bertz CT molecular complexity index is 1510. The van der Waals surface area contributed by atoms with Gasteiger partial charge in [-0.2, -0.15) is 13.2 Å². The predicted octanol–water partition coefficient (Wildman–Crippen LogP) is 7.41. The Kier molecular flexibility index (Phi) is 6.29. The zero-order chi connectivity index (χ0) is 24.6. The second-order valence-electron chi connectivity index (χ2n) is 7.82. The zero-order valence-corrected chi connectivity index (χ0v) is 20.0. The average Bonchev–Trinajstić information content (AvgIpc) is 3.38. The first-order chi connectivity index (χ1) is 16.8. The largest absolute Gasteiger partial charge is 0.441 e. The number of hydrogen-bond donors (Lipinski definition) is 0. The number of alkyl halides is 3. The Labute approximate surface area is 208 Å². The van der Waals surface area contributed by atoms with Crippen molar-refractivity contribution < 1.29 is 17.6 Å². The van der Waals surface area contributed by atoms with Crippen LogP contribution in [0.5, 0.6) is 0 Å². The molecule has 3 aromatic heterocycles. The molecule has 0 fully saturated rings. The molecule has 2 aromatic carbocycles. The maximum atomic E-state index is 13.1. The number of hydrogen-bond acceptors (Lipinski definition) is 5. The van der Waals surface area contributed by atoms with Gasteiger partial charge in [0.1, 0.15) is 17.0 Å². The lowest BCUT2D eigenvalue weighted by Gasteiger charge is -2.09. The summed E-state index contributed by atoms with van der Waals surface area (Å²) < 4.78 is 47.1. The minimum Gasteiger partial charge on any atom is -0.441 e. The normalized spacial score (nSPS) is 11.9. The van der Waals surface area contributed by atoms with Crippen molar-refractivity contribution in [2.75, 3.05) is 0 Å². The van der Waals surface area contributed by atoms with Gasteiger partial charge in [-0.1, -0.05) is 53.7 Å². The fourth-order valence-electron chi connectivity index (χ4n) is 3.65. The van der Waals surface area contributed by atoms with Gasteiger partial charge in [-0.25, -0.2) is 15.0 Å². The standard InChI is InChI=1S/C25H18ClF3N4OS/c1-15-21(31-23(34-15)18-8-2-3-9-19(18)26)13-33-22-20(10-5-11-30-22)32-24(33)35-14-16-6-4-7-17(12-16)25(27,28)29/h2-12H,13-14H2,1H3. The number of pyridine rings is 1. The maximum Gasteiger partial charge on any atom is 0.416 e. The van der Waals surface area contributed by atoms with E-state index in [4.69, 9.17) is 16.0 Å². The number of benzene rings is 2. The summed E-state index contributed by atoms with van der Waals surface area (Å²) in [6.45, 7) is 2.16. The van der Waals surface area contributed by atoms with Crippen LogP contribution in [0, 0.1) is 6.92 Å². The summed E-state index contributed by atoms with van der Waals surface area (Å²) in [5, 5.41) is 1.16. The summed E-state index contributed by atoms with van der Waals surface area (Å²) in [7, 11) is 0. The van der Waals surface area contributed by atoms with Gasteiger partial charge in [0.25, 0.3) is 0 Å². The topological polar surface area (TPSA) is 56.7 Å². The van der Waals surface area contributed by atoms with E-state index in [1.807, 2.05) is 35.8 Å². The van der Waals surface area contributed by atoms with E-state index >= 15 is 0 Å². The van der Waals surface area contributed by atoms with E-state index in [1.54, 1.807) is 24.4 Å². The molecule has 0 radical (unpaired) electrons. The Balaban J connectivity index is 1.46. The van der Waals surface area contributed by atoms with Crippen LogP contribution in [0.4, 0.5) is 13.2 Å². The highest BCUT2D eigenvalue weighted by Crippen LogP contribution is 2.33. The molecule has 178 valence electrons. The fourth-order valence-corrected chi connectivity index (χ4v) is 4.81. The first-order valence-electron chi connectivity index (χ1n) is 10.6. The van der Waals surface area contributed by atoms with Crippen molar-refractivity contribution in [2.45, 2.75) is 30.6 Å². The molecule has 5 aromatic rings. The zero-order valence-electron chi connectivity index (χ0n) is 18.4. The smallest absolute Gasteiger partial charge is 0.416 e. The van der Waals surface area contributed by atoms with Gasteiger partial charge >= 0.3 is 6.18 Å². The summed E-state index contributed by atoms with van der Waals surface area (Å²) in [5.74, 6) is 1.36. The van der Waals surface area contributed by atoms with Crippen molar-refractivity contribution in [1.82, 2.24) is 19.5 Å². The van der Waals surface area contributed by atoms with Crippen LogP contribution in [-0.4, -0.2) is 19.5 Å². The molecule has 0 aliphatic carbocycles. The Morgan fingerprint density at radius 1 is 1.03 bits per heavy atom. The van der Waals surface area contributed by atoms with E-state index in [0.29, 0.717) is 62.1 Å². The van der Waals surface area contributed by atoms with Crippen LogP contribution in [0.2, 0.25) is 5.02 Å². The second-order valence-corrected chi connectivity index (χ2v) is 9.16. The Hall–Kier alpha value is -3.30. The number of nitrogens with zero attached hydrogens (tertiary/aromatic N) is 4. The molecular formula is C25H18ClF3N4OS. The molecule has 0 aliphatic rings. The van der Waals surface area contributed by atoms with Gasteiger partial charge in [-0.3, -0.25) is 4.57 Å². The molecule has 0 saturated carbocycles. The molecule has 0 unspecified atom stereocenters. The quantitative estimate of drug-likeness (QED) is 0.221. The first-order valence-corrected chi connectivity index (χ1v) is 12.0. The Morgan fingerprint density at radius 2 is 1.86 bits per heavy atom. The lowest BCUT2D eigenvalue weighted by Crippen LogP contribution is -2.05. The molecule has 0 N–H and O–H groups in total. The highest BCUT2D eigenvalue weighted by atomic mass is 35.5. The van der Waals surface area contributed by atoms with Gasteiger partial charge in [-0.05, 0) is 42.8 Å². The monoisotopic (exact) mass is 514 g/mol. The third kappa shape index (κ3) is 4.92. The lowest BCUT2D eigenvalue weighted by atomic mass is 10.1. The third-order valence-corrected chi connectivity index (χ3v) is 6.77. The predicted molar refractivity (Wildman–Crippen MR) is 129 cm³/mol. The molecule has 0 spiro atoms. The number of halogens is 4. The van der Waals surface area contributed by atoms with E-state index in [2.05, 4.69) is 15.0 Å². The van der Waals surface area contributed by atoms with Crippen LogP contribution in [0.25, 0.3) is 22.6 Å².